The molecule has 3 N–H and O–H groups in total. The number of nitrogens with two attached hydrogens (primary N) is 1. The Labute approximate surface area is 192 Å². The van der Waals surface area contributed by atoms with Crippen molar-refractivity contribution in [3.05, 3.63) is 71.1 Å². The maximum atomic E-state index is 14.0. The number of nitrogens with zero attached hydrogens (tertiary/aromatic N) is 4. The lowest BCUT2D eigenvalue weighted by Gasteiger charge is -2.40. The number of anilines is 2. The van der Waals surface area contributed by atoms with Crippen molar-refractivity contribution >= 4 is 17.5 Å². The summed E-state index contributed by atoms with van der Waals surface area (Å²) in [5.74, 6) is -2.76. The molecule has 1 aliphatic heterocycles. The zero-order valence-electron chi connectivity index (χ0n) is 18.8. The quantitative estimate of drug-likeness (QED) is 0.648. The predicted molar refractivity (Wildman–Crippen MR) is 124 cm³/mol. The van der Waals surface area contributed by atoms with Crippen LogP contribution in [0.2, 0.25) is 0 Å². The van der Waals surface area contributed by atoms with Crippen molar-refractivity contribution in [2.24, 2.45) is 0 Å². The number of nitrogens with one attached hydrogen (secondary N) is 1. The van der Waals surface area contributed by atoms with Crippen molar-refractivity contribution in [1.29, 1.82) is 0 Å². The summed E-state index contributed by atoms with van der Waals surface area (Å²) in [7, 11) is 0. The van der Waals surface area contributed by atoms with E-state index in [1.54, 1.807) is 0 Å². The first kappa shape index (κ1) is 23.0. The van der Waals surface area contributed by atoms with E-state index in [9.17, 15) is 13.6 Å². The topological polar surface area (TPSA) is 87.4 Å². The molecule has 33 heavy (non-hydrogen) atoms. The SMILES string of the molecule is CC(C)N1CCN(C2C=CC(Nc3ncc(C(=O)c4c(F)cccc4F)c(N)n3)=CC2)CC1. The van der Waals surface area contributed by atoms with Gasteiger partial charge in [-0.2, -0.15) is 4.98 Å². The number of hydrogen-bond donors (Lipinski definition) is 2. The first-order chi connectivity index (χ1) is 15.8. The second kappa shape index (κ2) is 9.76. The number of nitrogen functional groups attached to an aromatic ring is 1. The van der Waals surface area contributed by atoms with Gasteiger partial charge in [-0.1, -0.05) is 18.2 Å². The van der Waals surface area contributed by atoms with Gasteiger partial charge < -0.3 is 11.1 Å². The molecule has 9 heteroatoms. The Kier molecular flexibility index (Phi) is 6.80. The summed E-state index contributed by atoms with van der Waals surface area (Å²) in [6.07, 6.45) is 8.26. The molecule has 174 valence electrons. The Hall–Kier alpha value is -3.17. The van der Waals surface area contributed by atoms with E-state index in [1.165, 1.54) is 12.3 Å². The Morgan fingerprint density at radius 3 is 2.45 bits per heavy atom. The Bertz CT molecular complexity index is 1070. The van der Waals surface area contributed by atoms with Crippen LogP contribution in [0, 0.1) is 11.6 Å². The van der Waals surface area contributed by atoms with Crippen LogP contribution in [0.15, 0.2) is 48.3 Å². The molecular weight excluding hydrogens is 426 g/mol. The Morgan fingerprint density at radius 1 is 1.18 bits per heavy atom. The van der Waals surface area contributed by atoms with Crippen LogP contribution in [0.3, 0.4) is 0 Å². The predicted octanol–water partition coefficient (Wildman–Crippen LogP) is 3.22. The second-order valence-corrected chi connectivity index (χ2v) is 8.53. The van der Waals surface area contributed by atoms with Crippen molar-refractivity contribution in [1.82, 2.24) is 19.8 Å². The molecular formula is C24H28F2N6O. The van der Waals surface area contributed by atoms with Gasteiger partial charge in [0.2, 0.25) is 11.7 Å². The molecule has 1 aromatic carbocycles. The smallest absolute Gasteiger partial charge is 0.229 e. The number of carbonyl (C=O) groups is 1. The molecule has 1 atom stereocenters. The third kappa shape index (κ3) is 5.09. The van der Waals surface area contributed by atoms with Gasteiger partial charge >= 0.3 is 0 Å². The fraction of sp³-hybridized carbons (Fsp3) is 0.375. The van der Waals surface area contributed by atoms with Gasteiger partial charge in [-0.3, -0.25) is 14.6 Å². The summed E-state index contributed by atoms with van der Waals surface area (Å²) >= 11 is 0. The fourth-order valence-electron chi connectivity index (χ4n) is 4.17. The molecule has 2 aromatic rings. The molecule has 0 bridgehead atoms. The van der Waals surface area contributed by atoms with Crippen LogP contribution in [0.5, 0.6) is 0 Å². The van der Waals surface area contributed by atoms with Gasteiger partial charge in [0.25, 0.3) is 0 Å². The van der Waals surface area contributed by atoms with E-state index in [0.717, 1.165) is 50.4 Å². The highest BCUT2D eigenvalue weighted by Gasteiger charge is 2.25. The van der Waals surface area contributed by atoms with E-state index < -0.39 is 23.0 Å². The third-order valence-electron chi connectivity index (χ3n) is 6.13. The molecule has 1 aromatic heterocycles. The summed E-state index contributed by atoms with van der Waals surface area (Å²) in [5, 5.41) is 3.08. The van der Waals surface area contributed by atoms with Gasteiger partial charge in [-0.15, -0.1) is 0 Å². The molecule has 1 aliphatic carbocycles. The molecule has 1 fully saturated rings. The molecule has 7 nitrogen and oxygen atoms in total. The van der Waals surface area contributed by atoms with Crippen molar-refractivity contribution in [2.75, 3.05) is 37.2 Å². The highest BCUT2D eigenvalue weighted by atomic mass is 19.1. The molecule has 0 saturated carbocycles. The van der Waals surface area contributed by atoms with Crippen LogP contribution in [0.4, 0.5) is 20.5 Å². The van der Waals surface area contributed by atoms with E-state index in [2.05, 4.69) is 51.1 Å². The van der Waals surface area contributed by atoms with Gasteiger partial charge in [-0.05, 0) is 38.5 Å². The van der Waals surface area contributed by atoms with E-state index in [-0.39, 0.29) is 17.3 Å². The minimum atomic E-state index is -0.959. The maximum absolute atomic E-state index is 14.0. The minimum absolute atomic E-state index is 0.151. The molecule has 2 aliphatic rings. The van der Waals surface area contributed by atoms with Gasteiger partial charge in [-0.25, -0.2) is 13.8 Å². The Morgan fingerprint density at radius 2 is 1.88 bits per heavy atom. The average Bonchev–Trinajstić information content (AvgIpc) is 2.79. The maximum Gasteiger partial charge on any atom is 0.229 e. The Balaban J connectivity index is 1.38. The lowest BCUT2D eigenvalue weighted by molar-refractivity contribution is 0.0916. The number of piperazine rings is 1. The zero-order valence-corrected chi connectivity index (χ0v) is 18.8. The second-order valence-electron chi connectivity index (χ2n) is 8.53. The van der Waals surface area contributed by atoms with Crippen LogP contribution >= 0.6 is 0 Å². The van der Waals surface area contributed by atoms with Crippen LogP contribution < -0.4 is 11.1 Å². The van der Waals surface area contributed by atoms with Gasteiger partial charge in [0, 0.05) is 50.2 Å². The molecule has 0 radical (unpaired) electrons. The van der Waals surface area contributed by atoms with Crippen molar-refractivity contribution in [3.63, 3.8) is 0 Å². The van der Waals surface area contributed by atoms with Crippen molar-refractivity contribution < 1.29 is 13.6 Å². The largest absolute Gasteiger partial charge is 0.383 e. The normalized spacial score (nSPS) is 19.5. The summed E-state index contributed by atoms with van der Waals surface area (Å²) in [6, 6.07) is 4.15. The van der Waals surface area contributed by atoms with Crippen molar-refractivity contribution in [2.45, 2.75) is 32.4 Å². The summed E-state index contributed by atoms with van der Waals surface area (Å²) in [5.41, 5.74) is 5.91. The van der Waals surface area contributed by atoms with Crippen LogP contribution in [-0.2, 0) is 0 Å². The zero-order chi connectivity index (χ0) is 23.5. The highest BCUT2D eigenvalue weighted by molar-refractivity contribution is 6.11. The monoisotopic (exact) mass is 454 g/mol. The van der Waals surface area contributed by atoms with E-state index in [4.69, 9.17) is 5.73 Å². The number of allylic oxidation sites excluding steroid dienone is 1. The fourth-order valence-corrected chi connectivity index (χ4v) is 4.17. The molecule has 1 saturated heterocycles. The van der Waals surface area contributed by atoms with E-state index in [0.29, 0.717) is 12.1 Å². The number of hydrogen-bond acceptors (Lipinski definition) is 7. The molecule has 4 rings (SSSR count). The lowest BCUT2D eigenvalue weighted by Crippen LogP contribution is -2.51. The summed E-state index contributed by atoms with van der Waals surface area (Å²) < 4.78 is 27.9. The molecule has 1 unspecified atom stereocenters. The summed E-state index contributed by atoms with van der Waals surface area (Å²) in [6.45, 7) is 8.69. The van der Waals surface area contributed by atoms with Gasteiger partial charge in [0.1, 0.15) is 17.5 Å². The van der Waals surface area contributed by atoms with Crippen LogP contribution in [0.1, 0.15) is 36.2 Å². The number of aromatic nitrogens is 2. The average molecular weight is 455 g/mol. The molecule has 0 amide bonds. The highest BCUT2D eigenvalue weighted by Crippen LogP contribution is 2.22. The summed E-state index contributed by atoms with van der Waals surface area (Å²) in [4.78, 5) is 25.8. The number of halogens is 2. The van der Waals surface area contributed by atoms with Crippen LogP contribution in [0.25, 0.3) is 0 Å². The third-order valence-corrected chi connectivity index (χ3v) is 6.13. The molecule has 0 spiro atoms. The first-order valence-corrected chi connectivity index (χ1v) is 11.1. The standard InChI is InChI=1S/C24H28F2N6O/c1-15(2)31-10-12-32(13-11-31)17-8-6-16(7-9-17)29-24-28-14-18(23(27)30-24)22(33)21-19(25)4-3-5-20(21)26/h3-8,14-15,17H,9-13H2,1-2H3,(H3,27,28,29,30). The minimum Gasteiger partial charge on any atom is -0.383 e. The number of rotatable bonds is 6. The van der Waals surface area contributed by atoms with Gasteiger partial charge in [0.15, 0.2) is 0 Å². The lowest BCUT2D eigenvalue weighted by atomic mass is 10.0. The number of ketones is 1. The van der Waals surface area contributed by atoms with Gasteiger partial charge in [0.05, 0.1) is 11.1 Å². The number of benzene rings is 1. The van der Waals surface area contributed by atoms with E-state index >= 15 is 0 Å². The van der Waals surface area contributed by atoms with Crippen molar-refractivity contribution in [3.8, 4) is 0 Å². The molecule has 2 heterocycles. The number of carbonyl (C=O) groups excluding carboxylic acids is 1. The van der Waals surface area contributed by atoms with E-state index in [1.807, 2.05) is 6.08 Å². The first-order valence-electron chi connectivity index (χ1n) is 11.1. The van der Waals surface area contributed by atoms with Crippen LogP contribution in [-0.4, -0.2) is 63.8 Å².